The molecular weight excluding hydrogens is 368 g/mol. The Kier molecular flexibility index (Phi) is 5.79. The molecule has 3 amide bonds. The van der Waals surface area contributed by atoms with E-state index in [4.69, 9.17) is 4.74 Å². The van der Waals surface area contributed by atoms with E-state index in [1.165, 1.54) is 10.6 Å². The van der Waals surface area contributed by atoms with Gasteiger partial charge >= 0.3 is 6.03 Å². The lowest BCUT2D eigenvalue weighted by Gasteiger charge is -2.33. The number of carbonyl (C=O) groups excluding carboxylic acids is 2. The number of amides is 3. The maximum atomic E-state index is 13.0. The topological polar surface area (TPSA) is 65.1 Å². The third-order valence-electron chi connectivity index (χ3n) is 6.52. The molecule has 1 aliphatic carbocycles. The molecule has 0 bridgehead atoms. The van der Waals surface area contributed by atoms with Crippen LogP contribution in [0.2, 0.25) is 0 Å². The fraction of sp³-hybridized carbons (Fsp3) is 0.636. The summed E-state index contributed by atoms with van der Waals surface area (Å²) in [4.78, 5) is 31.2. The van der Waals surface area contributed by atoms with Crippen molar-refractivity contribution in [1.29, 1.82) is 0 Å². The van der Waals surface area contributed by atoms with E-state index in [0.29, 0.717) is 19.1 Å². The number of anilines is 1. The second kappa shape index (κ2) is 8.32. The van der Waals surface area contributed by atoms with Crippen LogP contribution in [0.3, 0.4) is 0 Å². The van der Waals surface area contributed by atoms with Gasteiger partial charge in [-0.3, -0.25) is 9.69 Å². The van der Waals surface area contributed by atoms with E-state index in [2.05, 4.69) is 41.4 Å². The van der Waals surface area contributed by atoms with E-state index in [9.17, 15) is 9.59 Å². The van der Waals surface area contributed by atoms with Gasteiger partial charge in [-0.25, -0.2) is 9.69 Å². The number of ether oxygens (including phenoxy) is 1. The first-order chi connectivity index (χ1) is 14.0. The van der Waals surface area contributed by atoms with Gasteiger partial charge in [0.25, 0.3) is 5.91 Å². The van der Waals surface area contributed by atoms with Gasteiger partial charge in [-0.1, -0.05) is 19.1 Å². The van der Waals surface area contributed by atoms with Gasteiger partial charge in [-0.15, -0.1) is 0 Å². The number of hydrogen-bond acceptors (Lipinski definition) is 5. The molecule has 1 N–H and O–H groups in total. The van der Waals surface area contributed by atoms with E-state index in [1.807, 2.05) is 11.9 Å². The average Bonchev–Trinajstić information content (AvgIpc) is 2.96. The molecule has 1 spiro atoms. The monoisotopic (exact) mass is 400 g/mol. The maximum absolute atomic E-state index is 13.0. The summed E-state index contributed by atoms with van der Waals surface area (Å²) in [7, 11) is 1.95. The molecule has 1 aromatic rings. The van der Waals surface area contributed by atoms with Gasteiger partial charge in [0.15, 0.2) is 0 Å². The number of urea groups is 1. The molecule has 0 unspecified atom stereocenters. The predicted molar refractivity (Wildman–Crippen MR) is 112 cm³/mol. The molecule has 7 heteroatoms. The van der Waals surface area contributed by atoms with Crippen LogP contribution in [0.1, 0.15) is 38.2 Å². The Morgan fingerprint density at radius 3 is 2.45 bits per heavy atom. The van der Waals surface area contributed by atoms with Crippen LogP contribution in [0, 0.1) is 5.92 Å². The third kappa shape index (κ3) is 4.26. The van der Waals surface area contributed by atoms with Crippen molar-refractivity contribution in [2.75, 3.05) is 44.9 Å². The van der Waals surface area contributed by atoms with E-state index < -0.39 is 5.54 Å². The number of rotatable bonds is 5. The first kappa shape index (κ1) is 20.2. The van der Waals surface area contributed by atoms with Crippen LogP contribution >= 0.6 is 0 Å². The lowest BCUT2D eigenvalue weighted by atomic mass is 9.77. The van der Waals surface area contributed by atoms with Gasteiger partial charge in [-0.2, -0.15) is 0 Å². The minimum absolute atomic E-state index is 0.0519. The molecule has 2 saturated heterocycles. The number of benzene rings is 1. The Labute approximate surface area is 173 Å². The third-order valence-corrected chi connectivity index (χ3v) is 6.52. The minimum Gasteiger partial charge on any atom is -0.378 e. The average molecular weight is 401 g/mol. The zero-order valence-corrected chi connectivity index (χ0v) is 17.5. The maximum Gasteiger partial charge on any atom is 0.326 e. The highest BCUT2D eigenvalue weighted by molar-refractivity contribution is 6.07. The van der Waals surface area contributed by atoms with Crippen molar-refractivity contribution < 1.29 is 14.3 Å². The van der Waals surface area contributed by atoms with Crippen molar-refractivity contribution in [2.45, 2.75) is 44.7 Å². The van der Waals surface area contributed by atoms with Crippen LogP contribution in [0.15, 0.2) is 24.3 Å². The number of nitrogens with one attached hydrogen (secondary N) is 1. The molecule has 1 aromatic carbocycles. The number of imide groups is 1. The van der Waals surface area contributed by atoms with Gasteiger partial charge in [0.1, 0.15) is 5.54 Å². The van der Waals surface area contributed by atoms with Gasteiger partial charge in [-0.05, 0) is 56.3 Å². The highest BCUT2D eigenvalue weighted by Crippen LogP contribution is 2.36. The van der Waals surface area contributed by atoms with E-state index in [1.54, 1.807) is 0 Å². The van der Waals surface area contributed by atoms with E-state index in [-0.39, 0.29) is 11.9 Å². The van der Waals surface area contributed by atoms with Gasteiger partial charge in [0.05, 0.1) is 19.9 Å². The normalized spacial score (nSPS) is 27.8. The molecule has 3 fully saturated rings. The van der Waals surface area contributed by atoms with Crippen LogP contribution in [-0.4, -0.2) is 67.3 Å². The Hall–Kier alpha value is -2.12. The summed E-state index contributed by atoms with van der Waals surface area (Å²) < 4.78 is 5.41. The zero-order valence-electron chi connectivity index (χ0n) is 17.5. The van der Waals surface area contributed by atoms with E-state index in [0.717, 1.165) is 57.6 Å². The van der Waals surface area contributed by atoms with Crippen molar-refractivity contribution in [3.05, 3.63) is 29.8 Å². The van der Waals surface area contributed by atoms with Crippen molar-refractivity contribution in [3.63, 3.8) is 0 Å². The second-order valence-corrected chi connectivity index (χ2v) is 8.85. The van der Waals surface area contributed by atoms with Crippen molar-refractivity contribution in [1.82, 2.24) is 15.1 Å². The Balaban J connectivity index is 1.34. The first-order valence-electron chi connectivity index (χ1n) is 10.7. The predicted octanol–water partition coefficient (Wildman–Crippen LogP) is 2.41. The molecule has 2 aliphatic heterocycles. The molecule has 1 saturated carbocycles. The molecule has 29 heavy (non-hydrogen) atoms. The molecule has 0 atom stereocenters. The summed E-state index contributed by atoms with van der Waals surface area (Å²) in [6.07, 6.45) is 3.49. The number of hydrogen-bond donors (Lipinski definition) is 1. The van der Waals surface area contributed by atoms with Gasteiger partial charge in [0, 0.05) is 25.3 Å². The van der Waals surface area contributed by atoms with Crippen molar-refractivity contribution in [2.24, 2.45) is 5.92 Å². The molecule has 0 radical (unpaired) electrons. The highest BCUT2D eigenvalue weighted by Gasteiger charge is 2.52. The van der Waals surface area contributed by atoms with Crippen LogP contribution in [-0.2, 0) is 16.1 Å². The molecule has 4 rings (SSSR count). The Morgan fingerprint density at radius 2 is 1.79 bits per heavy atom. The van der Waals surface area contributed by atoms with Crippen LogP contribution in [0.25, 0.3) is 0 Å². The lowest BCUT2D eigenvalue weighted by Crippen LogP contribution is -2.49. The molecule has 3 aliphatic rings. The SMILES string of the molecule is CC1CCC2(CC1)NC(=O)N(CN(C)Cc1ccc(N3CCOCC3)cc1)C2=O. The van der Waals surface area contributed by atoms with Crippen LogP contribution in [0.5, 0.6) is 0 Å². The smallest absolute Gasteiger partial charge is 0.326 e. The molecule has 158 valence electrons. The molecule has 0 aromatic heterocycles. The van der Waals surface area contributed by atoms with Crippen molar-refractivity contribution in [3.8, 4) is 0 Å². The first-order valence-corrected chi connectivity index (χ1v) is 10.7. The summed E-state index contributed by atoms with van der Waals surface area (Å²) in [5, 5.41) is 3.00. The summed E-state index contributed by atoms with van der Waals surface area (Å²) in [5.74, 6) is 0.575. The number of carbonyl (C=O) groups is 2. The minimum atomic E-state index is -0.662. The second-order valence-electron chi connectivity index (χ2n) is 8.85. The summed E-state index contributed by atoms with van der Waals surface area (Å²) in [6, 6.07) is 8.27. The number of morpholine rings is 1. The summed E-state index contributed by atoms with van der Waals surface area (Å²) in [6.45, 7) is 6.60. The molecule has 2 heterocycles. The molecular formula is C22H32N4O3. The zero-order chi connectivity index (χ0) is 20.4. The Bertz CT molecular complexity index is 737. The van der Waals surface area contributed by atoms with Crippen LogP contribution < -0.4 is 10.2 Å². The van der Waals surface area contributed by atoms with Crippen LogP contribution in [0.4, 0.5) is 10.5 Å². The standard InChI is InChI=1S/C22H32N4O3/c1-17-7-9-22(10-8-17)20(27)26(21(28)23-22)16-24(2)15-18-3-5-19(6-4-18)25-11-13-29-14-12-25/h3-6,17H,7-16H2,1-2H3,(H,23,28). The Morgan fingerprint density at radius 1 is 1.14 bits per heavy atom. The number of nitrogens with zero attached hydrogens (tertiary/aromatic N) is 3. The summed E-state index contributed by atoms with van der Waals surface area (Å²) >= 11 is 0. The van der Waals surface area contributed by atoms with E-state index >= 15 is 0 Å². The fourth-order valence-electron chi connectivity index (χ4n) is 4.64. The lowest BCUT2D eigenvalue weighted by molar-refractivity contribution is -0.134. The quantitative estimate of drug-likeness (QED) is 0.769. The summed E-state index contributed by atoms with van der Waals surface area (Å²) in [5.41, 5.74) is 1.71. The molecule has 7 nitrogen and oxygen atoms in total. The van der Waals surface area contributed by atoms with Gasteiger partial charge < -0.3 is 15.0 Å². The van der Waals surface area contributed by atoms with Crippen molar-refractivity contribution >= 4 is 17.6 Å². The fourth-order valence-corrected chi connectivity index (χ4v) is 4.64. The highest BCUT2D eigenvalue weighted by atomic mass is 16.5. The largest absolute Gasteiger partial charge is 0.378 e. The van der Waals surface area contributed by atoms with Gasteiger partial charge in [0.2, 0.25) is 0 Å².